The van der Waals surface area contributed by atoms with Crippen molar-refractivity contribution in [3.05, 3.63) is 107 Å². The van der Waals surface area contributed by atoms with Crippen LogP contribution in [-0.4, -0.2) is 11.6 Å². The van der Waals surface area contributed by atoms with Crippen LogP contribution < -0.4 is 0 Å². The highest BCUT2D eigenvalue weighted by Crippen LogP contribution is 2.17. The molecule has 0 bridgehead atoms. The molecular weight excluding hydrogens is 284 g/mol. The van der Waals surface area contributed by atoms with Crippen LogP contribution in [0.3, 0.4) is 0 Å². The first-order valence-corrected chi connectivity index (χ1v) is 7.51. The summed E-state index contributed by atoms with van der Waals surface area (Å²) >= 11 is 0. The molecule has 0 saturated carbocycles. The molecule has 0 radical (unpaired) electrons. The average molecular weight is 300 g/mol. The summed E-state index contributed by atoms with van der Waals surface area (Å²) in [5.74, 6) is -0.0408. The lowest BCUT2D eigenvalue weighted by Gasteiger charge is -2.08. The number of rotatable bonds is 5. The number of Topliss-reactive ketones (excluding diaryl/α,β-unsaturated/α-hetero) is 1. The largest absolute Gasteiger partial charge is 0.294 e. The third kappa shape index (κ3) is 3.43. The van der Waals surface area contributed by atoms with Crippen molar-refractivity contribution >= 4 is 11.6 Å². The van der Waals surface area contributed by atoms with E-state index in [1.54, 1.807) is 30.3 Å². The molecule has 0 amide bonds. The molecule has 0 aliphatic heterocycles. The Morgan fingerprint density at radius 3 is 1.78 bits per heavy atom. The number of benzene rings is 3. The van der Waals surface area contributed by atoms with Gasteiger partial charge in [0, 0.05) is 23.1 Å². The zero-order valence-corrected chi connectivity index (χ0v) is 12.6. The van der Waals surface area contributed by atoms with Crippen molar-refractivity contribution in [2.45, 2.75) is 6.42 Å². The number of hydrogen-bond donors (Lipinski definition) is 0. The Kier molecular flexibility index (Phi) is 4.44. The van der Waals surface area contributed by atoms with Gasteiger partial charge in [0.15, 0.2) is 11.6 Å². The highest BCUT2D eigenvalue weighted by atomic mass is 16.1. The summed E-state index contributed by atoms with van der Waals surface area (Å²) in [5, 5.41) is 0. The van der Waals surface area contributed by atoms with Gasteiger partial charge in [-0.2, -0.15) is 0 Å². The van der Waals surface area contributed by atoms with E-state index in [2.05, 4.69) is 0 Å². The Bertz CT molecular complexity index is 821. The molecule has 0 aliphatic carbocycles. The van der Waals surface area contributed by atoms with E-state index in [9.17, 15) is 9.59 Å². The molecule has 3 aromatic carbocycles. The molecule has 112 valence electrons. The second-order valence-corrected chi connectivity index (χ2v) is 5.32. The minimum atomic E-state index is -0.0536. The van der Waals surface area contributed by atoms with Crippen LogP contribution in [0.2, 0.25) is 0 Å². The Morgan fingerprint density at radius 2 is 1.13 bits per heavy atom. The standard InChI is InChI=1S/C21H16O2/c22-20(16-9-3-1-4-10-16)15-18-13-7-8-14-19(18)21(23)17-11-5-2-6-12-17/h1-14H,15H2. The molecule has 3 rings (SSSR count). The van der Waals surface area contributed by atoms with Gasteiger partial charge >= 0.3 is 0 Å². The average Bonchev–Trinajstić information content (AvgIpc) is 2.63. The highest BCUT2D eigenvalue weighted by molar-refractivity contribution is 6.11. The van der Waals surface area contributed by atoms with Gasteiger partial charge in [-0.25, -0.2) is 0 Å². The minimum Gasteiger partial charge on any atom is -0.294 e. The van der Waals surface area contributed by atoms with Crippen molar-refractivity contribution in [3.63, 3.8) is 0 Å². The van der Waals surface area contributed by atoms with Crippen LogP contribution in [0, 0.1) is 0 Å². The quantitative estimate of drug-likeness (QED) is 0.657. The smallest absolute Gasteiger partial charge is 0.193 e. The lowest BCUT2D eigenvalue weighted by atomic mass is 9.94. The van der Waals surface area contributed by atoms with Crippen LogP contribution in [-0.2, 0) is 6.42 Å². The first-order chi connectivity index (χ1) is 11.3. The number of carbonyl (C=O) groups excluding carboxylic acids is 2. The second-order valence-electron chi connectivity index (χ2n) is 5.32. The maximum Gasteiger partial charge on any atom is 0.193 e. The summed E-state index contributed by atoms with van der Waals surface area (Å²) in [5.41, 5.74) is 2.64. The SMILES string of the molecule is O=C(Cc1ccccc1C(=O)c1ccccc1)c1ccccc1. The van der Waals surface area contributed by atoms with Crippen molar-refractivity contribution in [1.29, 1.82) is 0 Å². The fourth-order valence-electron chi connectivity index (χ4n) is 2.54. The van der Waals surface area contributed by atoms with Gasteiger partial charge in [-0.3, -0.25) is 9.59 Å². The summed E-state index contributed by atoms with van der Waals surface area (Å²) in [7, 11) is 0. The molecule has 0 N–H and O–H groups in total. The predicted molar refractivity (Wildman–Crippen MR) is 90.8 cm³/mol. The lowest BCUT2D eigenvalue weighted by Crippen LogP contribution is -2.10. The summed E-state index contributed by atoms with van der Waals surface area (Å²) in [6, 6.07) is 25.6. The zero-order valence-electron chi connectivity index (χ0n) is 12.6. The Balaban J connectivity index is 1.90. The normalized spacial score (nSPS) is 10.3. The fourth-order valence-corrected chi connectivity index (χ4v) is 2.54. The van der Waals surface area contributed by atoms with Crippen molar-refractivity contribution in [1.82, 2.24) is 0 Å². The van der Waals surface area contributed by atoms with Gasteiger partial charge in [-0.05, 0) is 5.56 Å². The molecule has 23 heavy (non-hydrogen) atoms. The maximum atomic E-state index is 12.7. The van der Waals surface area contributed by atoms with Gasteiger partial charge in [0.25, 0.3) is 0 Å². The first-order valence-electron chi connectivity index (χ1n) is 7.51. The van der Waals surface area contributed by atoms with E-state index in [-0.39, 0.29) is 18.0 Å². The third-order valence-electron chi connectivity index (χ3n) is 3.74. The monoisotopic (exact) mass is 300 g/mol. The van der Waals surface area contributed by atoms with Crippen molar-refractivity contribution in [2.24, 2.45) is 0 Å². The van der Waals surface area contributed by atoms with E-state index in [4.69, 9.17) is 0 Å². The van der Waals surface area contributed by atoms with E-state index >= 15 is 0 Å². The Labute approximate surface area is 135 Å². The summed E-state index contributed by atoms with van der Waals surface area (Å²) in [4.78, 5) is 25.1. The van der Waals surface area contributed by atoms with Gasteiger partial charge in [-0.15, -0.1) is 0 Å². The fraction of sp³-hybridized carbons (Fsp3) is 0.0476. The Hall–Kier alpha value is -3.00. The van der Waals surface area contributed by atoms with Gasteiger partial charge in [0.2, 0.25) is 0 Å². The number of ketones is 2. The molecular formula is C21H16O2. The van der Waals surface area contributed by atoms with E-state index < -0.39 is 0 Å². The van der Waals surface area contributed by atoms with E-state index in [1.165, 1.54) is 0 Å². The topological polar surface area (TPSA) is 34.1 Å². The molecule has 0 saturated heterocycles. The Morgan fingerprint density at radius 1 is 0.609 bits per heavy atom. The lowest BCUT2D eigenvalue weighted by molar-refractivity contribution is 0.0992. The van der Waals surface area contributed by atoms with Crippen LogP contribution in [0.5, 0.6) is 0 Å². The van der Waals surface area contributed by atoms with E-state index in [1.807, 2.05) is 54.6 Å². The van der Waals surface area contributed by atoms with Gasteiger partial charge in [0.1, 0.15) is 0 Å². The molecule has 2 nitrogen and oxygen atoms in total. The summed E-state index contributed by atoms with van der Waals surface area (Å²) in [6.45, 7) is 0. The van der Waals surface area contributed by atoms with Crippen LogP contribution in [0.1, 0.15) is 31.8 Å². The minimum absolute atomic E-state index is 0.0129. The number of carbonyl (C=O) groups is 2. The van der Waals surface area contributed by atoms with Gasteiger partial charge in [0.05, 0.1) is 0 Å². The summed E-state index contributed by atoms with van der Waals surface area (Å²) in [6.07, 6.45) is 0.221. The van der Waals surface area contributed by atoms with Gasteiger partial charge < -0.3 is 0 Å². The highest BCUT2D eigenvalue weighted by Gasteiger charge is 2.15. The van der Waals surface area contributed by atoms with Crippen LogP contribution in [0.4, 0.5) is 0 Å². The van der Waals surface area contributed by atoms with E-state index in [0.717, 1.165) is 5.56 Å². The number of hydrogen-bond acceptors (Lipinski definition) is 2. The molecule has 0 aliphatic rings. The third-order valence-corrected chi connectivity index (χ3v) is 3.74. The molecule has 0 unspecified atom stereocenters. The molecule has 0 spiro atoms. The summed E-state index contributed by atoms with van der Waals surface area (Å²) < 4.78 is 0. The molecule has 0 fully saturated rings. The molecule has 3 aromatic rings. The molecule has 0 atom stereocenters. The van der Waals surface area contributed by atoms with Crippen LogP contribution in [0.25, 0.3) is 0 Å². The van der Waals surface area contributed by atoms with Gasteiger partial charge in [-0.1, -0.05) is 84.9 Å². The van der Waals surface area contributed by atoms with Crippen molar-refractivity contribution in [2.75, 3.05) is 0 Å². The first kappa shape index (κ1) is 14.9. The maximum absolute atomic E-state index is 12.7. The zero-order chi connectivity index (χ0) is 16.1. The van der Waals surface area contributed by atoms with Crippen molar-refractivity contribution < 1.29 is 9.59 Å². The van der Waals surface area contributed by atoms with Crippen LogP contribution >= 0.6 is 0 Å². The van der Waals surface area contributed by atoms with Crippen LogP contribution in [0.15, 0.2) is 84.9 Å². The molecule has 0 aromatic heterocycles. The predicted octanol–water partition coefficient (Wildman–Crippen LogP) is 4.34. The molecule has 0 heterocycles. The van der Waals surface area contributed by atoms with Crippen molar-refractivity contribution in [3.8, 4) is 0 Å². The second kappa shape index (κ2) is 6.84. The van der Waals surface area contributed by atoms with E-state index in [0.29, 0.717) is 16.7 Å². The molecule has 2 heteroatoms.